The van der Waals surface area contributed by atoms with Gasteiger partial charge in [0.1, 0.15) is 0 Å². The van der Waals surface area contributed by atoms with Gasteiger partial charge in [0.15, 0.2) is 4.34 Å². The van der Waals surface area contributed by atoms with E-state index in [1.807, 2.05) is 30.3 Å². The molecule has 29 heavy (non-hydrogen) atoms. The van der Waals surface area contributed by atoms with Crippen LogP contribution in [0.5, 0.6) is 0 Å². The van der Waals surface area contributed by atoms with Crippen molar-refractivity contribution < 1.29 is 9.59 Å². The van der Waals surface area contributed by atoms with Crippen LogP contribution in [0.1, 0.15) is 5.56 Å². The zero-order valence-electron chi connectivity index (χ0n) is 14.8. The Bertz CT molecular complexity index is 1040. The van der Waals surface area contributed by atoms with Crippen molar-refractivity contribution in [3.63, 3.8) is 0 Å². The summed E-state index contributed by atoms with van der Waals surface area (Å²) in [7, 11) is 0. The predicted molar refractivity (Wildman–Crippen MR) is 120 cm³/mol. The largest absolute Gasteiger partial charge is 0.324 e. The highest BCUT2D eigenvalue weighted by atomic mass is 35.5. The minimum atomic E-state index is -0.310. The molecule has 3 rings (SSSR count). The second-order valence-electron chi connectivity index (χ2n) is 5.54. The molecule has 0 aliphatic heterocycles. The van der Waals surface area contributed by atoms with Crippen molar-refractivity contribution in [1.82, 2.24) is 10.2 Å². The number of rotatable bonds is 7. The molecule has 0 bridgehead atoms. The van der Waals surface area contributed by atoms with Crippen LogP contribution < -0.4 is 10.6 Å². The molecule has 2 amide bonds. The number of carbonyl (C=O) groups is 2. The first kappa shape index (κ1) is 21.3. The summed E-state index contributed by atoms with van der Waals surface area (Å²) in [5.74, 6) is -0.458. The number of anilines is 2. The molecule has 1 heterocycles. The molecular weight excluding hydrogens is 451 g/mol. The smallest absolute Gasteiger partial charge is 0.250 e. The summed E-state index contributed by atoms with van der Waals surface area (Å²) in [6, 6.07) is 14.5. The van der Waals surface area contributed by atoms with Gasteiger partial charge < -0.3 is 5.32 Å². The summed E-state index contributed by atoms with van der Waals surface area (Å²) in [5.41, 5.74) is 1.36. The third kappa shape index (κ3) is 6.57. The van der Waals surface area contributed by atoms with Crippen molar-refractivity contribution in [1.29, 1.82) is 0 Å². The zero-order chi connectivity index (χ0) is 20.6. The monoisotopic (exact) mass is 464 g/mol. The van der Waals surface area contributed by atoms with E-state index in [2.05, 4.69) is 20.8 Å². The molecule has 3 aromatic rings. The Kier molecular flexibility index (Phi) is 7.65. The Labute approximate surface area is 185 Å². The number of amides is 2. The highest BCUT2D eigenvalue weighted by Gasteiger charge is 2.11. The SMILES string of the molecule is O=C(/C=C/c1ccccc1)Nc1nnc(SCC(=O)Nc2cccc(Cl)c2Cl)s1. The highest BCUT2D eigenvalue weighted by Crippen LogP contribution is 2.30. The van der Waals surface area contributed by atoms with Crippen LogP contribution >= 0.6 is 46.3 Å². The number of hydrogen-bond acceptors (Lipinski definition) is 6. The lowest BCUT2D eigenvalue weighted by Crippen LogP contribution is -2.14. The molecule has 1 aromatic heterocycles. The number of aromatic nitrogens is 2. The molecule has 6 nitrogen and oxygen atoms in total. The van der Waals surface area contributed by atoms with Crippen molar-refractivity contribution in [2.75, 3.05) is 16.4 Å². The van der Waals surface area contributed by atoms with Gasteiger partial charge in [0.05, 0.1) is 21.5 Å². The summed E-state index contributed by atoms with van der Waals surface area (Å²) in [4.78, 5) is 24.1. The lowest BCUT2D eigenvalue weighted by Gasteiger charge is -2.07. The van der Waals surface area contributed by atoms with Gasteiger partial charge in [-0.05, 0) is 23.8 Å². The number of nitrogens with one attached hydrogen (secondary N) is 2. The quantitative estimate of drug-likeness (QED) is 0.284. The van der Waals surface area contributed by atoms with E-state index >= 15 is 0 Å². The molecule has 10 heteroatoms. The summed E-state index contributed by atoms with van der Waals surface area (Å²) in [6.07, 6.45) is 3.13. The van der Waals surface area contributed by atoms with Gasteiger partial charge in [-0.2, -0.15) is 0 Å². The Morgan fingerprint density at radius 3 is 2.62 bits per heavy atom. The summed E-state index contributed by atoms with van der Waals surface area (Å²) >= 11 is 14.4. The van der Waals surface area contributed by atoms with Crippen LogP contribution in [0.25, 0.3) is 6.08 Å². The van der Waals surface area contributed by atoms with E-state index in [0.29, 0.717) is 20.2 Å². The van der Waals surface area contributed by atoms with Crippen LogP contribution in [0.2, 0.25) is 10.0 Å². The molecule has 2 aromatic carbocycles. The van der Waals surface area contributed by atoms with E-state index in [-0.39, 0.29) is 22.6 Å². The molecule has 0 radical (unpaired) electrons. The standard InChI is InChI=1S/C19H14Cl2N4O2S2/c20-13-7-4-8-14(17(13)21)22-16(27)11-28-19-25-24-18(29-19)23-15(26)10-9-12-5-2-1-3-6-12/h1-10H,11H2,(H,22,27)(H,23,24,26)/b10-9+. The highest BCUT2D eigenvalue weighted by molar-refractivity contribution is 8.01. The van der Waals surface area contributed by atoms with Gasteiger partial charge in [-0.15, -0.1) is 10.2 Å². The Morgan fingerprint density at radius 1 is 1.03 bits per heavy atom. The first-order chi connectivity index (χ1) is 14.0. The fourth-order valence-corrected chi connectivity index (χ4v) is 4.02. The van der Waals surface area contributed by atoms with E-state index in [0.717, 1.165) is 5.56 Å². The zero-order valence-corrected chi connectivity index (χ0v) is 17.9. The molecular formula is C19H14Cl2N4O2S2. The molecule has 2 N–H and O–H groups in total. The van der Waals surface area contributed by atoms with Crippen molar-refractivity contribution in [3.8, 4) is 0 Å². The van der Waals surface area contributed by atoms with Crippen LogP contribution in [0, 0.1) is 0 Å². The second-order valence-corrected chi connectivity index (χ2v) is 8.53. The molecule has 0 atom stereocenters. The van der Waals surface area contributed by atoms with Gasteiger partial charge >= 0.3 is 0 Å². The van der Waals surface area contributed by atoms with E-state index in [1.165, 1.54) is 29.2 Å². The van der Waals surface area contributed by atoms with Crippen molar-refractivity contribution >= 4 is 75.0 Å². The van der Waals surface area contributed by atoms with Gasteiger partial charge in [0, 0.05) is 6.08 Å². The fraction of sp³-hybridized carbons (Fsp3) is 0.0526. The number of thioether (sulfide) groups is 1. The van der Waals surface area contributed by atoms with Gasteiger partial charge in [-0.1, -0.05) is 82.7 Å². The average molecular weight is 465 g/mol. The number of carbonyl (C=O) groups excluding carboxylic acids is 2. The van der Waals surface area contributed by atoms with Crippen molar-refractivity contribution in [3.05, 3.63) is 70.2 Å². The van der Waals surface area contributed by atoms with Crippen LogP contribution in [0.3, 0.4) is 0 Å². The van der Waals surface area contributed by atoms with E-state index in [9.17, 15) is 9.59 Å². The molecule has 0 aliphatic rings. The third-order valence-electron chi connectivity index (χ3n) is 3.42. The maximum Gasteiger partial charge on any atom is 0.250 e. The summed E-state index contributed by atoms with van der Waals surface area (Å²) < 4.78 is 0.555. The predicted octanol–water partition coefficient (Wildman–Crippen LogP) is 5.23. The first-order valence-electron chi connectivity index (χ1n) is 8.25. The molecule has 148 valence electrons. The molecule has 0 unspecified atom stereocenters. The number of nitrogens with zero attached hydrogens (tertiary/aromatic N) is 2. The molecule has 0 aliphatic carbocycles. The Balaban J connectivity index is 1.48. The lowest BCUT2D eigenvalue weighted by molar-refractivity contribution is -0.114. The van der Waals surface area contributed by atoms with E-state index < -0.39 is 0 Å². The topological polar surface area (TPSA) is 84.0 Å². The van der Waals surface area contributed by atoms with Gasteiger partial charge in [-0.3, -0.25) is 14.9 Å². The molecule has 0 fully saturated rings. The van der Waals surface area contributed by atoms with E-state index in [1.54, 1.807) is 24.3 Å². The molecule has 0 spiro atoms. The van der Waals surface area contributed by atoms with Crippen LogP contribution in [0.4, 0.5) is 10.8 Å². The average Bonchev–Trinajstić information content (AvgIpc) is 3.16. The number of halogens is 2. The van der Waals surface area contributed by atoms with Gasteiger partial charge in [-0.25, -0.2) is 0 Å². The Morgan fingerprint density at radius 2 is 1.83 bits per heavy atom. The first-order valence-corrected chi connectivity index (χ1v) is 10.8. The molecule has 0 saturated carbocycles. The number of benzene rings is 2. The second kappa shape index (κ2) is 10.4. The molecule has 0 saturated heterocycles. The van der Waals surface area contributed by atoms with Crippen LogP contribution in [-0.4, -0.2) is 27.8 Å². The maximum absolute atomic E-state index is 12.1. The van der Waals surface area contributed by atoms with Crippen molar-refractivity contribution in [2.24, 2.45) is 0 Å². The van der Waals surface area contributed by atoms with Crippen LogP contribution in [0.15, 0.2) is 58.9 Å². The van der Waals surface area contributed by atoms with Crippen molar-refractivity contribution in [2.45, 2.75) is 4.34 Å². The Hall–Kier alpha value is -2.39. The third-order valence-corrected chi connectivity index (χ3v) is 6.21. The summed E-state index contributed by atoms with van der Waals surface area (Å²) in [6.45, 7) is 0. The van der Waals surface area contributed by atoms with E-state index in [4.69, 9.17) is 23.2 Å². The normalized spacial score (nSPS) is 10.8. The fourth-order valence-electron chi connectivity index (χ4n) is 2.12. The van der Waals surface area contributed by atoms with Crippen LogP contribution in [-0.2, 0) is 9.59 Å². The maximum atomic E-state index is 12.1. The minimum Gasteiger partial charge on any atom is -0.324 e. The minimum absolute atomic E-state index is 0.110. The number of hydrogen-bond donors (Lipinski definition) is 2. The van der Waals surface area contributed by atoms with Gasteiger partial charge in [0.25, 0.3) is 0 Å². The summed E-state index contributed by atoms with van der Waals surface area (Å²) in [5, 5.41) is 14.2. The lowest BCUT2D eigenvalue weighted by atomic mass is 10.2. The van der Waals surface area contributed by atoms with Gasteiger partial charge in [0.2, 0.25) is 16.9 Å².